The Hall–Kier alpha value is -5.11. The first-order valence-electron chi connectivity index (χ1n) is 11.6. The zero-order valence-electron chi connectivity index (χ0n) is 20.7. The van der Waals surface area contributed by atoms with Crippen molar-refractivity contribution in [2.45, 2.75) is 13.5 Å². The third-order valence-corrected chi connectivity index (χ3v) is 6.14. The van der Waals surface area contributed by atoms with Crippen LogP contribution in [0.15, 0.2) is 70.7 Å². The van der Waals surface area contributed by atoms with Gasteiger partial charge in [-0.25, -0.2) is 9.69 Å². The fourth-order valence-corrected chi connectivity index (χ4v) is 4.37. The number of carbonyl (C=O) groups excluding carboxylic acids is 3. The van der Waals surface area contributed by atoms with Crippen molar-refractivity contribution in [2.24, 2.45) is 0 Å². The van der Waals surface area contributed by atoms with Gasteiger partial charge < -0.3 is 9.47 Å². The van der Waals surface area contributed by atoms with E-state index in [1.807, 2.05) is 0 Å². The lowest BCUT2D eigenvalue weighted by molar-refractivity contribution is -0.385. The molecule has 0 atom stereocenters. The average Bonchev–Trinajstić information content (AvgIpc) is 2.91. The third kappa shape index (κ3) is 5.96. The van der Waals surface area contributed by atoms with Crippen LogP contribution in [0.25, 0.3) is 6.08 Å². The van der Waals surface area contributed by atoms with Crippen LogP contribution in [0.5, 0.6) is 11.5 Å². The molecule has 1 fully saturated rings. The number of ether oxygens (including phenoxy) is 2. The summed E-state index contributed by atoms with van der Waals surface area (Å²) in [7, 11) is 0. The zero-order chi connectivity index (χ0) is 29.0. The highest BCUT2D eigenvalue weighted by atomic mass is 79.9. The molecule has 40 heavy (non-hydrogen) atoms. The van der Waals surface area contributed by atoms with Crippen LogP contribution >= 0.6 is 15.9 Å². The molecule has 0 spiro atoms. The molecule has 3 aromatic rings. The smallest absolute Gasteiger partial charge is 0.335 e. The molecule has 0 bridgehead atoms. The number of nitrogens with zero attached hydrogens (tertiary/aromatic N) is 3. The molecular weight excluding hydrogens is 592 g/mol. The third-order valence-electron chi connectivity index (χ3n) is 5.55. The van der Waals surface area contributed by atoms with E-state index < -0.39 is 33.3 Å². The van der Waals surface area contributed by atoms with E-state index in [1.165, 1.54) is 42.5 Å². The molecular formula is C26H19BrN4O9. The van der Waals surface area contributed by atoms with Crippen LogP contribution in [-0.2, 0) is 16.2 Å². The number of imide groups is 2. The fourth-order valence-electron chi connectivity index (χ4n) is 3.79. The van der Waals surface area contributed by atoms with Crippen molar-refractivity contribution in [3.63, 3.8) is 0 Å². The summed E-state index contributed by atoms with van der Waals surface area (Å²) in [4.78, 5) is 60.0. The number of nitro groups is 2. The van der Waals surface area contributed by atoms with Gasteiger partial charge in [0.15, 0.2) is 11.5 Å². The number of benzene rings is 3. The molecule has 0 aromatic heterocycles. The number of anilines is 1. The van der Waals surface area contributed by atoms with Gasteiger partial charge in [0.1, 0.15) is 12.2 Å². The van der Waals surface area contributed by atoms with E-state index in [2.05, 4.69) is 21.2 Å². The van der Waals surface area contributed by atoms with Crippen LogP contribution in [0.2, 0.25) is 0 Å². The van der Waals surface area contributed by atoms with Gasteiger partial charge in [0, 0.05) is 24.3 Å². The van der Waals surface area contributed by atoms with Crippen molar-refractivity contribution in [1.29, 1.82) is 0 Å². The number of hydrogen-bond acceptors (Lipinski definition) is 9. The van der Waals surface area contributed by atoms with Crippen LogP contribution in [-0.4, -0.2) is 34.3 Å². The van der Waals surface area contributed by atoms with Crippen LogP contribution in [0, 0.1) is 20.2 Å². The van der Waals surface area contributed by atoms with E-state index in [0.29, 0.717) is 20.5 Å². The topological polar surface area (TPSA) is 171 Å². The predicted octanol–water partition coefficient (Wildman–Crippen LogP) is 4.91. The number of rotatable bonds is 9. The number of nitrogens with one attached hydrogen (secondary N) is 1. The van der Waals surface area contributed by atoms with E-state index in [9.17, 15) is 34.6 Å². The minimum Gasteiger partial charge on any atom is -0.490 e. The Morgan fingerprint density at radius 3 is 2.30 bits per heavy atom. The lowest BCUT2D eigenvalue weighted by atomic mass is 10.1. The minimum atomic E-state index is -1.05. The molecule has 1 aliphatic rings. The van der Waals surface area contributed by atoms with E-state index >= 15 is 0 Å². The molecule has 1 N–H and O–H groups in total. The summed E-state index contributed by atoms with van der Waals surface area (Å²) in [6.45, 7) is 1.97. The normalized spacial score (nSPS) is 14.2. The molecule has 1 aliphatic heterocycles. The second-order valence-corrected chi connectivity index (χ2v) is 9.07. The number of non-ortho nitro benzene ring substituents is 2. The van der Waals surface area contributed by atoms with E-state index in [-0.39, 0.29) is 41.8 Å². The van der Waals surface area contributed by atoms with Crippen molar-refractivity contribution in [1.82, 2.24) is 5.32 Å². The number of halogens is 1. The molecule has 13 nitrogen and oxygen atoms in total. The second kappa shape index (κ2) is 11.7. The van der Waals surface area contributed by atoms with Gasteiger partial charge in [0.2, 0.25) is 0 Å². The number of amides is 4. The van der Waals surface area contributed by atoms with E-state index in [1.54, 1.807) is 25.1 Å². The standard InChI is InChI=1S/C26H19BrN4O9/c1-2-39-22-12-16(11-21(27)23(22)40-14-15-5-3-7-18(9-15)30(35)36)10-20-24(32)28-26(34)29(25(20)33)17-6-4-8-19(13-17)31(37)38/h3-13H,2,14H2,1H3,(H,28,32,34)/b20-10+. The summed E-state index contributed by atoms with van der Waals surface area (Å²) in [6.07, 6.45) is 1.24. The van der Waals surface area contributed by atoms with Gasteiger partial charge in [0.05, 0.1) is 26.6 Å². The lowest BCUT2D eigenvalue weighted by Gasteiger charge is -2.26. The zero-order valence-corrected chi connectivity index (χ0v) is 22.2. The van der Waals surface area contributed by atoms with Crippen LogP contribution in [0.3, 0.4) is 0 Å². The molecule has 0 aliphatic carbocycles. The van der Waals surface area contributed by atoms with Crippen molar-refractivity contribution < 1.29 is 33.7 Å². The maximum absolute atomic E-state index is 13.2. The Kier molecular flexibility index (Phi) is 8.19. The monoisotopic (exact) mass is 610 g/mol. The first kappa shape index (κ1) is 27.9. The van der Waals surface area contributed by atoms with Gasteiger partial charge in [-0.3, -0.25) is 35.1 Å². The molecule has 1 saturated heterocycles. The van der Waals surface area contributed by atoms with E-state index in [4.69, 9.17) is 9.47 Å². The van der Waals surface area contributed by atoms with Gasteiger partial charge in [-0.15, -0.1) is 0 Å². The van der Waals surface area contributed by atoms with Gasteiger partial charge >= 0.3 is 6.03 Å². The highest BCUT2D eigenvalue weighted by Gasteiger charge is 2.37. The molecule has 204 valence electrons. The molecule has 3 aromatic carbocycles. The molecule has 4 rings (SSSR count). The molecule has 1 heterocycles. The maximum Gasteiger partial charge on any atom is 0.335 e. The highest BCUT2D eigenvalue weighted by molar-refractivity contribution is 9.10. The summed E-state index contributed by atoms with van der Waals surface area (Å²) in [5.74, 6) is -1.39. The van der Waals surface area contributed by atoms with Crippen molar-refractivity contribution in [3.8, 4) is 11.5 Å². The Morgan fingerprint density at radius 1 is 0.950 bits per heavy atom. The highest BCUT2D eigenvalue weighted by Crippen LogP contribution is 2.38. The van der Waals surface area contributed by atoms with Crippen LogP contribution in [0.1, 0.15) is 18.1 Å². The Labute approximate surface area is 234 Å². The quantitative estimate of drug-likeness (QED) is 0.153. The average molecular weight is 611 g/mol. The Bertz CT molecular complexity index is 1590. The van der Waals surface area contributed by atoms with Crippen molar-refractivity contribution in [3.05, 3.63) is 102 Å². The van der Waals surface area contributed by atoms with Crippen LogP contribution in [0.4, 0.5) is 21.9 Å². The molecule has 0 saturated carbocycles. The molecule has 0 unspecified atom stereocenters. The van der Waals surface area contributed by atoms with Crippen molar-refractivity contribution in [2.75, 3.05) is 11.5 Å². The van der Waals surface area contributed by atoms with E-state index in [0.717, 1.165) is 6.07 Å². The Balaban J connectivity index is 1.66. The number of hydrogen-bond donors (Lipinski definition) is 1. The number of urea groups is 1. The summed E-state index contributed by atoms with van der Waals surface area (Å²) >= 11 is 3.40. The van der Waals surface area contributed by atoms with Gasteiger partial charge in [-0.2, -0.15) is 0 Å². The second-order valence-electron chi connectivity index (χ2n) is 8.21. The molecule has 4 amide bonds. The SMILES string of the molecule is CCOc1cc(/C=C2\C(=O)NC(=O)N(c3cccc([N+](=O)[O-])c3)C2=O)cc(Br)c1OCc1cccc([N+](=O)[O-])c1. The largest absolute Gasteiger partial charge is 0.490 e. The summed E-state index contributed by atoms with van der Waals surface area (Å²) in [5.41, 5.74) is -0.0244. The van der Waals surface area contributed by atoms with Gasteiger partial charge in [0.25, 0.3) is 23.2 Å². The predicted molar refractivity (Wildman–Crippen MR) is 145 cm³/mol. The lowest BCUT2D eigenvalue weighted by Crippen LogP contribution is -2.54. The summed E-state index contributed by atoms with van der Waals surface area (Å²) in [6, 6.07) is 12.9. The number of carbonyl (C=O) groups is 3. The first-order chi connectivity index (χ1) is 19.1. The number of nitro benzene ring substituents is 2. The molecule has 0 radical (unpaired) electrons. The fraction of sp³-hybridized carbons (Fsp3) is 0.115. The number of barbiturate groups is 1. The maximum atomic E-state index is 13.2. The van der Waals surface area contributed by atoms with Crippen molar-refractivity contribution >= 4 is 56.9 Å². The summed E-state index contributed by atoms with van der Waals surface area (Å²) < 4.78 is 12.0. The van der Waals surface area contributed by atoms with Gasteiger partial charge in [-0.1, -0.05) is 18.2 Å². The first-order valence-corrected chi connectivity index (χ1v) is 12.4. The molecule has 14 heteroatoms. The minimum absolute atomic E-state index is 0.0119. The summed E-state index contributed by atoms with van der Waals surface area (Å²) in [5, 5.41) is 24.3. The Morgan fingerprint density at radius 2 is 1.62 bits per heavy atom. The van der Waals surface area contributed by atoms with Crippen LogP contribution < -0.4 is 19.7 Å². The van der Waals surface area contributed by atoms with Gasteiger partial charge in [-0.05, 0) is 58.3 Å².